The lowest BCUT2D eigenvalue weighted by Crippen LogP contribution is -2.46. The van der Waals surface area contributed by atoms with Crippen molar-refractivity contribution >= 4 is 17.7 Å². The van der Waals surface area contributed by atoms with Gasteiger partial charge in [0.1, 0.15) is 0 Å². The summed E-state index contributed by atoms with van der Waals surface area (Å²) >= 11 is 0. The Kier molecular flexibility index (Phi) is 7.10. The van der Waals surface area contributed by atoms with Crippen molar-refractivity contribution < 1.29 is 14.8 Å². The molecular weight excluding hydrogens is 370 g/mol. The number of nitrogens with zero attached hydrogens (tertiary/aromatic N) is 3. The molecule has 0 saturated carbocycles. The number of carboxylic acids is 1. The van der Waals surface area contributed by atoms with Gasteiger partial charge in [0, 0.05) is 51.4 Å². The quantitative estimate of drug-likeness (QED) is 0.546. The van der Waals surface area contributed by atoms with Crippen molar-refractivity contribution in [3.63, 3.8) is 0 Å². The van der Waals surface area contributed by atoms with Crippen molar-refractivity contribution in [3.05, 3.63) is 81.4 Å². The van der Waals surface area contributed by atoms with Crippen LogP contribution in [-0.2, 0) is 6.42 Å². The van der Waals surface area contributed by atoms with E-state index in [1.807, 2.05) is 18.2 Å². The van der Waals surface area contributed by atoms with Crippen LogP contribution in [0.4, 0.5) is 5.69 Å². The summed E-state index contributed by atoms with van der Waals surface area (Å²) in [5.74, 6) is -0.893. The zero-order valence-electron chi connectivity index (χ0n) is 16.2. The Balaban J connectivity index is 1.37. The first-order valence-corrected chi connectivity index (χ1v) is 9.69. The summed E-state index contributed by atoms with van der Waals surface area (Å²) in [6.45, 7) is 5.86. The summed E-state index contributed by atoms with van der Waals surface area (Å²) in [6.07, 6.45) is 5.01. The molecular formula is C22H25N3O4. The molecule has 1 aliphatic heterocycles. The highest BCUT2D eigenvalue weighted by Gasteiger charge is 2.15. The lowest BCUT2D eigenvalue weighted by molar-refractivity contribution is -0.384. The molecule has 1 aliphatic rings. The van der Waals surface area contributed by atoms with Crippen LogP contribution < -0.4 is 0 Å². The van der Waals surface area contributed by atoms with Crippen LogP contribution in [0.15, 0.2) is 54.6 Å². The highest BCUT2D eigenvalue weighted by Crippen LogP contribution is 2.13. The minimum Gasteiger partial charge on any atom is -0.478 e. The lowest BCUT2D eigenvalue weighted by Gasteiger charge is -2.34. The molecule has 1 N–H and O–H groups in total. The first kappa shape index (κ1) is 20.7. The molecule has 0 bridgehead atoms. The summed E-state index contributed by atoms with van der Waals surface area (Å²) in [7, 11) is 0. The molecule has 1 saturated heterocycles. The van der Waals surface area contributed by atoms with E-state index >= 15 is 0 Å². The fraction of sp³-hybridized carbons (Fsp3) is 0.318. The molecule has 7 nitrogen and oxygen atoms in total. The van der Waals surface area contributed by atoms with Gasteiger partial charge in [-0.3, -0.25) is 15.0 Å². The Hall–Kier alpha value is -3.03. The molecule has 7 heteroatoms. The highest BCUT2D eigenvalue weighted by atomic mass is 16.6. The summed E-state index contributed by atoms with van der Waals surface area (Å²) in [5, 5.41) is 19.6. The number of benzene rings is 2. The Labute approximate surface area is 170 Å². The average Bonchev–Trinajstić information content (AvgIpc) is 2.74. The van der Waals surface area contributed by atoms with Gasteiger partial charge < -0.3 is 10.0 Å². The number of non-ortho nitro benzene ring substituents is 1. The van der Waals surface area contributed by atoms with E-state index in [0.717, 1.165) is 56.8 Å². The molecule has 2 aromatic rings. The van der Waals surface area contributed by atoms with Crippen molar-refractivity contribution in [1.82, 2.24) is 9.80 Å². The van der Waals surface area contributed by atoms with E-state index in [-0.39, 0.29) is 5.69 Å². The second-order valence-corrected chi connectivity index (χ2v) is 7.15. The fourth-order valence-corrected chi connectivity index (χ4v) is 3.34. The van der Waals surface area contributed by atoms with E-state index in [9.17, 15) is 14.9 Å². The number of rotatable bonds is 8. The topological polar surface area (TPSA) is 86.9 Å². The maximum Gasteiger partial charge on any atom is 0.335 e. The van der Waals surface area contributed by atoms with Gasteiger partial charge in [-0.2, -0.15) is 0 Å². The van der Waals surface area contributed by atoms with E-state index in [4.69, 9.17) is 5.11 Å². The van der Waals surface area contributed by atoms with E-state index < -0.39 is 10.9 Å². The number of nitro groups is 1. The summed E-state index contributed by atoms with van der Waals surface area (Å²) in [5.41, 5.74) is 2.55. The molecule has 29 heavy (non-hydrogen) atoms. The Morgan fingerprint density at radius 1 is 1.00 bits per heavy atom. The third-order valence-corrected chi connectivity index (χ3v) is 5.16. The largest absolute Gasteiger partial charge is 0.478 e. The van der Waals surface area contributed by atoms with E-state index in [2.05, 4.69) is 15.9 Å². The first-order chi connectivity index (χ1) is 14.0. The average molecular weight is 395 g/mol. The van der Waals surface area contributed by atoms with Crippen molar-refractivity contribution in [2.45, 2.75) is 6.42 Å². The molecule has 0 aliphatic carbocycles. The van der Waals surface area contributed by atoms with E-state index in [0.29, 0.717) is 5.56 Å². The number of hydrogen-bond acceptors (Lipinski definition) is 5. The van der Waals surface area contributed by atoms with Gasteiger partial charge in [-0.25, -0.2) is 4.79 Å². The van der Waals surface area contributed by atoms with Gasteiger partial charge in [0.15, 0.2) is 0 Å². The molecule has 0 radical (unpaired) electrons. The minimum absolute atomic E-state index is 0.108. The SMILES string of the molecule is O=C(O)c1ccc(CCN2CCN(C/C=C/c3ccc([N+](=O)[O-])cc3)CC2)cc1. The predicted octanol–water partition coefficient (Wildman–Crippen LogP) is 3.17. The zero-order valence-corrected chi connectivity index (χ0v) is 16.2. The third kappa shape index (κ3) is 6.23. The zero-order chi connectivity index (χ0) is 20.6. The van der Waals surface area contributed by atoms with Crippen molar-refractivity contribution in [2.75, 3.05) is 39.3 Å². The Morgan fingerprint density at radius 2 is 1.62 bits per heavy atom. The number of aromatic carboxylic acids is 1. The number of nitro benzene ring substituents is 1. The highest BCUT2D eigenvalue weighted by molar-refractivity contribution is 5.87. The maximum absolute atomic E-state index is 10.9. The van der Waals surface area contributed by atoms with Gasteiger partial charge in [0.25, 0.3) is 5.69 Å². The first-order valence-electron chi connectivity index (χ1n) is 9.69. The van der Waals surface area contributed by atoms with Crippen LogP contribution in [0.5, 0.6) is 0 Å². The van der Waals surface area contributed by atoms with Gasteiger partial charge in [-0.15, -0.1) is 0 Å². The summed E-state index contributed by atoms with van der Waals surface area (Å²) in [4.78, 5) is 26.0. The van der Waals surface area contributed by atoms with Gasteiger partial charge in [-0.1, -0.05) is 24.3 Å². The predicted molar refractivity (Wildman–Crippen MR) is 112 cm³/mol. The third-order valence-electron chi connectivity index (χ3n) is 5.16. The molecule has 0 atom stereocenters. The van der Waals surface area contributed by atoms with Crippen LogP contribution in [0.1, 0.15) is 21.5 Å². The van der Waals surface area contributed by atoms with Crippen LogP contribution in [0, 0.1) is 10.1 Å². The molecule has 0 aromatic heterocycles. The summed E-state index contributed by atoms with van der Waals surface area (Å²) in [6, 6.07) is 13.7. The van der Waals surface area contributed by atoms with Gasteiger partial charge in [0.2, 0.25) is 0 Å². The van der Waals surface area contributed by atoms with Crippen LogP contribution >= 0.6 is 0 Å². The second kappa shape index (κ2) is 9.95. The van der Waals surface area contributed by atoms with Crippen LogP contribution in [-0.4, -0.2) is 65.1 Å². The smallest absolute Gasteiger partial charge is 0.335 e. The van der Waals surface area contributed by atoms with Crippen LogP contribution in [0.3, 0.4) is 0 Å². The van der Waals surface area contributed by atoms with Crippen LogP contribution in [0.2, 0.25) is 0 Å². The van der Waals surface area contributed by atoms with Crippen molar-refractivity contribution in [2.24, 2.45) is 0 Å². The normalized spacial score (nSPS) is 15.6. The van der Waals surface area contributed by atoms with Gasteiger partial charge >= 0.3 is 5.97 Å². The summed E-state index contributed by atoms with van der Waals surface area (Å²) < 4.78 is 0. The van der Waals surface area contributed by atoms with Gasteiger partial charge in [0.05, 0.1) is 10.5 Å². The lowest BCUT2D eigenvalue weighted by atomic mass is 10.1. The second-order valence-electron chi connectivity index (χ2n) is 7.15. The fourth-order valence-electron chi connectivity index (χ4n) is 3.34. The molecule has 0 amide bonds. The monoisotopic (exact) mass is 395 g/mol. The number of carboxylic acid groups (broad SMARTS) is 1. The molecule has 2 aromatic carbocycles. The van der Waals surface area contributed by atoms with Crippen molar-refractivity contribution in [3.8, 4) is 0 Å². The molecule has 0 spiro atoms. The standard InChI is InChI=1S/C22H25N3O4/c26-22(27)20-7-3-19(4-8-20)11-13-24-16-14-23(15-17-24)12-1-2-18-5-9-21(10-6-18)25(28)29/h1-10H,11-17H2,(H,26,27)/b2-1+. The van der Waals surface area contributed by atoms with E-state index in [1.54, 1.807) is 24.3 Å². The molecule has 3 rings (SSSR count). The number of piperazine rings is 1. The molecule has 0 unspecified atom stereocenters. The Bertz CT molecular complexity index is 855. The molecule has 1 heterocycles. The van der Waals surface area contributed by atoms with Gasteiger partial charge in [-0.05, 0) is 41.8 Å². The number of carbonyl (C=O) groups is 1. The van der Waals surface area contributed by atoms with Crippen LogP contribution in [0.25, 0.3) is 6.08 Å². The van der Waals surface area contributed by atoms with Crippen molar-refractivity contribution in [1.29, 1.82) is 0 Å². The Morgan fingerprint density at radius 3 is 2.21 bits per heavy atom. The molecule has 152 valence electrons. The molecule has 1 fully saturated rings. The maximum atomic E-state index is 10.9. The minimum atomic E-state index is -0.893. The van der Waals surface area contributed by atoms with E-state index in [1.165, 1.54) is 12.1 Å². The number of hydrogen-bond donors (Lipinski definition) is 1.